The molecule has 2 heterocycles. The summed E-state index contributed by atoms with van der Waals surface area (Å²) in [6.07, 6.45) is 3.58. The maximum absolute atomic E-state index is 6.19. The Morgan fingerprint density at radius 3 is 2.67 bits per heavy atom. The minimum atomic E-state index is 0.710. The topological polar surface area (TPSA) is 56.7 Å². The van der Waals surface area contributed by atoms with E-state index in [4.69, 9.17) is 5.73 Å². The van der Waals surface area contributed by atoms with Gasteiger partial charge in [-0.2, -0.15) is 5.10 Å². The largest absolute Gasteiger partial charge is 0.396 e. The Morgan fingerprint density at radius 1 is 1.10 bits per heavy atom. The van der Waals surface area contributed by atoms with E-state index < -0.39 is 0 Å². The third-order valence-corrected chi connectivity index (χ3v) is 3.88. The molecule has 0 amide bonds. The van der Waals surface area contributed by atoms with Gasteiger partial charge in [-0.1, -0.05) is 38.1 Å². The Morgan fingerprint density at radius 2 is 1.90 bits per heavy atom. The average Bonchev–Trinajstić information content (AvgIpc) is 2.82. The summed E-state index contributed by atoms with van der Waals surface area (Å²) in [6.45, 7) is 4.91. The highest BCUT2D eigenvalue weighted by Gasteiger charge is 2.13. The SMILES string of the molecule is CCc1nn(Cc2cccc3cccnc23)c(CC)c1N. The zero-order valence-electron chi connectivity index (χ0n) is 12.5. The lowest BCUT2D eigenvalue weighted by Crippen LogP contribution is -2.07. The molecule has 2 aromatic heterocycles. The van der Waals surface area contributed by atoms with Crippen molar-refractivity contribution >= 4 is 16.6 Å². The van der Waals surface area contributed by atoms with Crippen LogP contribution in [0.1, 0.15) is 30.8 Å². The molecule has 4 heteroatoms. The summed E-state index contributed by atoms with van der Waals surface area (Å²) in [6, 6.07) is 10.3. The van der Waals surface area contributed by atoms with E-state index in [9.17, 15) is 0 Å². The van der Waals surface area contributed by atoms with Gasteiger partial charge in [0.1, 0.15) is 0 Å². The van der Waals surface area contributed by atoms with Crippen molar-refractivity contribution in [2.75, 3.05) is 5.73 Å². The number of benzene rings is 1. The van der Waals surface area contributed by atoms with Gasteiger partial charge in [-0.3, -0.25) is 9.67 Å². The van der Waals surface area contributed by atoms with Crippen molar-refractivity contribution in [3.63, 3.8) is 0 Å². The number of aromatic nitrogens is 3. The van der Waals surface area contributed by atoms with Crippen molar-refractivity contribution in [2.45, 2.75) is 33.2 Å². The van der Waals surface area contributed by atoms with Crippen LogP contribution in [0, 0.1) is 0 Å². The second kappa shape index (κ2) is 5.56. The zero-order valence-corrected chi connectivity index (χ0v) is 12.5. The predicted molar refractivity (Wildman–Crippen MR) is 86.2 cm³/mol. The Bertz CT molecular complexity index is 768. The summed E-state index contributed by atoms with van der Waals surface area (Å²) in [5, 5.41) is 5.82. The molecule has 1 aromatic carbocycles. The highest BCUT2D eigenvalue weighted by Crippen LogP contribution is 2.22. The summed E-state index contributed by atoms with van der Waals surface area (Å²) < 4.78 is 2.03. The van der Waals surface area contributed by atoms with Gasteiger partial charge < -0.3 is 5.73 Å². The van der Waals surface area contributed by atoms with Gasteiger partial charge in [-0.15, -0.1) is 0 Å². The molecule has 0 saturated heterocycles. The van der Waals surface area contributed by atoms with Crippen LogP contribution in [0.3, 0.4) is 0 Å². The first kappa shape index (κ1) is 13.6. The number of pyridine rings is 1. The van der Waals surface area contributed by atoms with Crippen LogP contribution >= 0.6 is 0 Å². The first-order valence-corrected chi connectivity index (χ1v) is 7.41. The van der Waals surface area contributed by atoms with Crippen molar-refractivity contribution in [3.8, 4) is 0 Å². The van der Waals surface area contributed by atoms with Gasteiger partial charge in [0, 0.05) is 11.6 Å². The third-order valence-electron chi connectivity index (χ3n) is 3.88. The number of anilines is 1. The fourth-order valence-corrected chi connectivity index (χ4v) is 2.79. The van der Waals surface area contributed by atoms with E-state index in [1.165, 1.54) is 5.56 Å². The lowest BCUT2D eigenvalue weighted by Gasteiger charge is -2.09. The van der Waals surface area contributed by atoms with Crippen LogP contribution in [-0.4, -0.2) is 14.8 Å². The quantitative estimate of drug-likeness (QED) is 0.798. The molecule has 0 fully saturated rings. The molecule has 0 aliphatic heterocycles. The van der Waals surface area contributed by atoms with Gasteiger partial charge in [0.15, 0.2) is 0 Å². The van der Waals surface area contributed by atoms with E-state index in [1.54, 1.807) is 0 Å². The summed E-state index contributed by atoms with van der Waals surface area (Å²) in [5.41, 5.74) is 11.3. The van der Waals surface area contributed by atoms with Crippen molar-refractivity contribution in [1.29, 1.82) is 0 Å². The molecule has 4 nitrogen and oxygen atoms in total. The summed E-state index contributed by atoms with van der Waals surface area (Å²) >= 11 is 0. The fourth-order valence-electron chi connectivity index (χ4n) is 2.79. The van der Waals surface area contributed by atoms with Crippen LogP contribution < -0.4 is 5.73 Å². The van der Waals surface area contributed by atoms with Crippen LogP contribution in [-0.2, 0) is 19.4 Å². The first-order valence-electron chi connectivity index (χ1n) is 7.41. The van der Waals surface area contributed by atoms with E-state index >= 15 is 0 Å². The number of aryl methyl sites for hydroxylation is 1. The number of fused-ring (bicyclic) bond motifs is 1. The lowest BCUT2D eigenvalue weighted by atomic mass is 10.1. The van der Waals surface area contributed by atoms with Gasteiger partial charge in [-0.25, -0.2) is 0 Å². The van der Waals surface area contributed by atoms with E-state index in [0.29, 0.717) is 6.54 Å². The lowest BCUT2D eigenvalue weighted by molar-refractivity contribution is 0.642. The third kappa shape index (κ3) is 2.37. The van der Waals surface area contributed by atoms with Crippen LogP contribution in [0.25, 0.3) is 10.9 Å². The molecule has 3 rings (SSSR count). The van der Waals surface area contributed by atoms with Crippen LogP contribution in [0.5, 0.6) is 0 Å². The number of hydrogen-bond donors (Lipinski definition) is 1. The summed E-state index contributed by atoms with van der Waals surface area (Å²) in [4.78, 5) is 4.51. The monoisotopic (exact) mass is 280 g/mol. The van der Waals surface area contributed by atoms with Gasteiger partial charge in [0.25, 0.3) is 0 Å². The number of nitrogen functional groups attached to an aromatic ring is 1. The Balaban J connectivity index is 2.07. The second-order valence-corrected chi connectivity index (χ2v) is 5.16. The van der Waals surface area contributed by atoms with E-state index in [1.807, 2.05) is 16.9 Å². The maximum Gasteiger partial charge on any atom is 0.0854 e. The van der Waals surface area contributed by atoms with E-state index in [0.717, 1.165) is 40.8 Å². The van der Waals surface area contributed by atoms with Crippen molar-refractivity contribution < 1.29 is 0 Å². The molecule has 21 heavy (non-hydrogen) atoms. The molecule has 108 valence electrons. The molecular weight excluding hydrogens is 260 g/mol. The molecule has 3 aromatic rings. The first-order chi connectivity index (χ1) is 10.2. The summed E-state index contributed by atoms with van der Waals surface area (Å²) in [5.74, 6) is 0. The van der Waals surface area contributed by atoms with Gasteiger partial charge in [0.05, 0.1) is 29.1 Å². The predicted octanol–water partition coefficient (Wildman–Crippen LogP) is 3.19. The molecule has 2 N–H and O–H groups in total. The Kier molecular flexibility index (Phi) is 3.60. The number of hydrogen-bond acceptors (Lipinski definition) is 3. The van der Waals surface area contributed by atoms with Crippen molar-refractivity contribution in [3.05, 3.63) is 53.5 Å². The van der Waals surface area contributed by atoms with Gasteiger partial charge >= 0.3 is 0 Å². The highest BCUT2D eigenvalue weighted by molar-refractivity contribution is 5.81. The smallest absolute Gasteiger partial charge is 0.0854 e. The molecule has 0 radical (unpaired) electrons. The molecule has 0 bridgehead atoms. The molecule has 0 unspecified atom stereocenters. The minimum Gasteiger partial charge on any atom is -0.396 e. The maximum atomic E-state index is 6.19. The second-order valence-electron chi connectivity index (χ2n) is 5.16. The van der Waals surface area contributed by atoms with Crippen molar-refractivity contribution in [1.82, 2.24) is 14.8 Å². The zero-order chi connectivity index (χ0) is 14.8. The molecular formula is C17H20N4. The van der Waals surface area contributed by atoms with Crippen LogP contribution in [0.4, 0.5) is 5.69 Å². The minimum absolute atomic E-state index is 0.710. The highest BCUT2D eigenvalue weighted by atomic mass is 15.3. The fraction of sp³-hybridized carbons (Fsp3) is 0.294. The normalized spacial score (nSPS) is 11.1. The number of rotatable bonds is 4. The standard InChI is InChI=1S/C17H20N4/c1-3-14-16(18)15(4-2)21(20-14)11-13-8-5-7-12-9-6-10-19-17(12)13/h5-10H,3-4,11,18H2,1-2H3. The molecule has 0 aliphatic carbocycles. The van der Waals surface area contributed by atoms with Crippen LogP contribution in [0.2, 0.25) is 0 Å². The number of nitrogens with zero attached hydrogens (tertiary/aromatic N) is 3. The number of nitrogens with two attached hydrogens (primary N) is 1. The van der Waals surface area contributed by atoms with E-state index in [-0.39, 0.29) is 0 Å². The molecule has 0 atom stereocenters. The summed E-state index contributed by atoms with van der Waals surface area (Å²) in [7, 11) is 0. The van der Waals surface area contributed by atoms with Gasteiger partial charge in [0.2, 0.25) is 0 Å². The van der Waals surface area contributed by atoms with Crippen LogP contribution in [0.15, 0.2) is 36.5 Å². The molecule has 0 spiro atoms. The Hall–Kier alpha value is -2.36. The van der Waals surface area contributed by atoms with Crippen molar-refractivity contribution in [2.24, 2.45) is 0 Å². The van der Waals surface area contributed by atoms with Gasteiger partial charge in [-0.05, 0) is 24.5 Å². The average molecular weight is 280 g/mol. The molecule has 0 saturated carbocycles. The molecule has 0 aliphatic rings. The number of para-hydroxylation sites is 1. The van der Waals surface area contributed by atoms with E-state index in [2.05, 4.69) is 48.2 Å². The Labute approximate surface area is 124 Å².